The third kappa shape index (κ3) is 5.15. The Morgan fingerprint density at radius 2 is 1.84 bits per heavy atom. The number of nitrogens with zero attached hydrogens (tertiary/aromatic N) is 4. The Bertz CT molecular complexity index is 1150. The Morgan fingerprint density at radius 3 is 2.58 bits per heavy atom. The van der Waals surface area contributed by atoms with Crippen molar-refractivity contribution < 1.29 is 19.0 Å². The molecule has 9 heteroatoms. The van der Waals surface area contributed by atoms with Crippen LogP contribution in [0.1, 0.15) is 0 Å². The molecule has 1 amide bonds. The third-order valence-corrected chi connectivity index (χ3v) is 4.16. The summed E-state index contributed by atoms with van der Waals surface area (Å²) in [5, 5.41) is 6.90. The number of carbonyl (C=O) groups excluding carboxylic acids is 1. The van der Waals surface area contributed by atoms with Crippen LogP contribution in [0.2, 0.25) is 0 Å². The van der Waals surface area contributed by atoms with E-state index in [9.17, 15) is 4.79 Å². The average molecular weight is 417 g/mol. The van der Waals surface area contributed by atoms with E-state index in [0.29, 0.717) is 34.6 Å². The monoisotopic (exact) mass is 417 g/mol. The van der Waals surface area contributed by atoms with Gasteiger partial charge in [0.25, 0.3) is 5.91 Å². The number of aromatic nitrogens is 4. The molecule has 2 heterocycles. The van der Waals surface area contributed by atoms with Crippen LogP contribution >= 0.6 is 0 Å². The molecule has 0 atom stereocenters. The molecule has 0 aliphatic carbocycles. The van der Waals surface area contributed by atoms with Gasteiger partial charge in [-0.05, 0) is 42.5 Å². The second kappa shape index (κ2) is 9.40. The van der Waals surface area contributed by atoms with Gasteiger partial charge in [-0.3, -0.25) is 4.79 Å². The smallest absolute Gasteiger partial charge is 0.262 e. The van der Waals surface area contributed by atoms with Crippen molar-refractivity contribution in [2.45, 2.75) is 0 Å². The average Bonchev–Trinajstić information content (AvgIpc) is 3.34. The number of nitrogens with one attached hydrogen (secondary N) is 1. The Balaban J connectivity index is 1.33. The van der Waals surface area contributed by atoms with Gasteiger partial charge in [0.15, 0.2) is 23.9 Å². The summed E-state index contributed by atoms with van der Waals surface area (Å²) in [6.07, 6.45) is 4.85. The maximum atomic E-state index is 12.2. The Kier molecular flexibility index (Phi) is 6.03. The predicted molar refractivity (Wildman–Crippen MR) is 113 cm³/mol. The molecule has 0 saturated carbocycles. The number of hydrogen-bond donors (Lipinski definition) is 1. The van der Waals surface area contributed by atoms with Gasteiger partial charge in [-0.25, -0.2) is 14.6 Å². The minimum atomic E-state index is -0.292. The highest BCUT2D eigenvalue weighted by Crippen LogP contribution is 2.26. The standard InChI is InChI=1S/C22H19N5O4/c1-29-18-5-2-3-6-19(18)30-14-21(28)26-16-7-9-17(10-8-16)31-22-13-20(23-15-24-22)27-12-4-11-25-27/h2-13,15H,14H2,1H3,(H,26,28). The SMILES string of the molecule is COc1ccccc1OCC(=O)Nc1ccc(Oc2cc(-n3cccn3)ncn2)cc1. The van der Waals surface area contributed by atoms with Crippen LogP contribution in [0.15, 0.2) is 79.4 Å². The lowest BCUT2D eigenvalue weighted by Gasteiger charge is -2.11. The number of para-hydroxylation sites is 2. The van der Waals surface area contributed by atoms with Gasteiger partial charge in [-0.1, -0.05) is 12.1 Å². The molecule has 0 fully saturated rings. The number of methoxy groups -OCH3 is 1. The second-order valence-corrected chi connectivity index (χ2v) is 6.28. The van der Waals surface area contributed by atoms with Gasteiger partial charge >= 0.3 is 0 Å². The van der Waals surface area contributed by atoms with Gasteiger partial charge in [-0.15, -0.1) is 0 Å². The van der Waals surface area contributed by atoms with Crippen molar-refractivity contribution in [2.75, 3.05) is 19.0 Å². The summed E-state index contributed by atoms with van der Waals surface area (Å²) in [7, 11) is 1.55. The quantitative estimate of drug-likeness (QED) is 0.468. The summed E-state index contributed by atoms with van der Waals surface area (Å²) in [5.74, 6) is 2.31. The van der Waals surface area contributed by atoms with E-state index in [-0.39, 0.29) is 12.5 Å². The van der Waals surface area contributed by atoms with Crippen molar-refractivity contribution in [2.24, 2.45) is 0 Å². The van der Waals surface area contributed by atoms with E-state index in [1.807, 2.05) is 12.1 Å². The zero-order chi connectivity index (χ0) is 21.5. The van der Waals surface area contributed by atoms with Crippen LogP contribution < -0.4 is 19.5 Å². The highest BCUT2D eigenvalue weighted by molar-refractivity contribution is 5.91. The summed E-state index contributed by atoms with van der Waals surface area (Å²) >= 11 is 0. The van der Waals surface area contributed by atoms with Crippen molar-refractivity contribution in [1.29, 1.82) is 0 Å². The first-order valence-electron chi connectivity index (χ1n) is 9.37. The fraction of sp³-hybridized carbons (Fsp3) is 0.0909. The van der Waals surface area contributed by atoms with Crippen molar-refractivity contribution >= 4 is 11.6 Å². The van der Waals surface area contributed by atoms with Crippen LogP contribution in [0.25, 0.3) is 5.82 Å². The van der Waals surface area contributed by atoms with E-state index in [0.717, 1.165) is 0 Å². The van der Waals surface area contributed by atoms with Crippen molar-refractivity contribution in [3.05, 3.63) is 79.4 Å². The zero-order valence-electron chi connectivity index (χ0n) is 16.6. The molecule has 156 valence electrons. The molecular weight excluding hydrogens is 398 g/mol. The first-order chi connectivity index (χ1) is 15.2. The van der Waals surface area contributed by atoms with Gasteiger partial charge in [0.05, 0.1) is 7.11 Å². The maximum Gasteiger partial charge on any atom is 0.262 e. The van der Waals surface area contributed by atoms with Gasteiger partial charge in [-0.2, -0.15) is 5.10 Å². The minimum absolute atomic E-state index is 0.143. The summed E-state index contributed by atoms with van der Waals surface area (Å²) in [6, 6.07) is 17.5. The molecule has 0 unspecified atom stereocenters. The number of ether oxygens (including phenoxy) is 3. The highest BCUT2D eigenvalue weighted by Gasteiger charge is 2.08. The first-order valence-corrected chi connectivity index (χ1v) is 9.37. The minimum Gasteiger partial charge on any atom is -0.493 e. The zero-order valence-corrected chi connectivity index (χ0v) is 16.6. The van der Waals surface area contributed by atoms with E-state index in [2.05, 4.69) is 20.4 Å². The normalized spacial score (nSPS) is 10.4. The molecule has 2 aromatic heterocycles. The second-order valence-electron chi connectivity index (χ2n) is 6.28. The number of amides is 1. The molecule has 0 aliphatic heterocycles. The molecule has 0 saturated heterocycles. The fourth-order valence-corrected chi connectivity index (χ4v) is 2.72. The number of carbonyl (C=O) groups is 1. The molecule has 0 spiro atoms. The molecule has 0 bridgehead atoms. The topological polar surface area (TPSA) is 100 Å². The number of benzene rings is 2. The van der Waals surface area contributed by atoms with Gasteiger partial charge in [0, 0.05) is 24.1 Å². The molecule has 4 aromatic rings. The third-order valence-electron chi connectivity index (χ3n) is 4.16. The molecule has 31 heavy (non-hydrogen) atoms. The van der Waals surface area contributed by atoms with Gasteiger partial charge in [0.2, 0.25) is 5.88 Å². The van der Waals surface area contributed by atoms with Crippen molar-refractivity contribution in [3.63, 3.8) is 0 Å². The molecule has 4 rings (SSSR count). The van der Waals surface area contributed by atoms with Crippen LogP contribution in [0, 0.1) is 0 Å². The lowest BCUT2D eigenvalue weighted by molar-refractivity contribution is -0.118. The van der Waals surface area contributed by atoms with Crippen molar-refractivity contribution in [1.82, 2.24) is 19.7 Å². The van der Waals surface area contributed by atoms with Crippen molar-refractivity contribution in [3.8, 4) is 28.9 Å². The largest absolute Gasteiger partial charge is 0.493 e. The number of rotatable bonds is 8. The first kappa shape index (κ1) is 19.9. The molecule has 9 nitrogen and oxygen atoms in total. The number of hydrogen-bond acceptors (Lipinski definition) is 7. The van der Waals surface area contributed by atoms with Crippen LogP contribution in [-0.2, 0) is 4.79 Å². The van der Waals surface area contributed by atoms with Crippen LogP contribution in [0.3, 0.4) is 0 Å². The lowest BCUT2D eigenvalue weighted by atomic mass is 10.3. The molecular formula is C22H19N5O4. The fourth-order valence-electron chi connectivity index (χ4n) is 2.72. The molecule has 1 N–H and O–H groups in total. The summed E-state index contributed by atoms with van der Waals surface area (Å²) in [6.45, 7) is -0.143. The maximum absolute atomic E-state index is 12.2. The van der Waals surface area contributed by atoms with E-state index in [4.69, 9.17) is 14.2 Å². The number of anilines is 1. The lowest BCUT2D eigenvalue weighted by Crippen LogP contribution is -2.20. The van der Waals surface area contributed by atoms with Crippen LogP contribution in [-0.4, -0.2) is 39.4 Å². The summed E-state index contributed by atoms with van der Waals surface area (Å²) < 4.78 is 18.1. The van der Waals surface area contributed by atoms with Gasteiger partial charge < -0.3 is 19.5 Å². The molecule has 0 aliphatic rings. The Morgan fingerprint density at radius 1 is 1.03 bits per heavy atom. The van der Waals surface area contributed by atoms with E-state index < -0.39 is 0 Å². The summed E-state index contributed by atoms with van der Waals surface area (Å²) in [5.41, 5.74) is 0.612. The predicted octanol–water partition coefficient (Wildman–Crippen LogP) is 3.48. The summed E-state index contributed by atoms with van der Waals surface area (Å²) in [4.78, 5) is 20.5. The van der Waals surface area contributed by atoms with Gasteiger partial charge in [0.1, 0.15) is 12.1 Å². The van der Waals surface area contributed by atoms with E-state index >= 15 is 0 Å². The Hall–Kier alpha value is -4.40. The van der Waals surface area contributed by atoms with Crippen LogP contribution in [0.4, 0.5) is 5.69 Å². The molecule has 0 radical (unpaired) electrons. The van der Waals surface area contributed by atoms with Crippen LogP contribution in [0.5, 0.6) is 23.1 Å². The highest BCUT2D eigenvalue weighted by atomic mass is 16.5. The Labute approximate surface area is 178 Å². The van der Waals surface area contributed by atoms with E-state index in [1.165, 1.54) is 6.33 Å². The van der Waals surface area contributed by atoms with E-state index in [1.54, 1.807) is 72.7 Å². The molecule has 2 aromatic carbocycles.